The Hall–Kier alpha value is -1.05. The van der Waals surface area contributed by atoms with Gasteiger partial charge in [-0.3, -0.25) is 10.1 Å². The zero-order chi connectivity index (χ0) is 9.94. The van der Waals surface area contributed by atoms with Crippen molar-refractivity contribution >= 4 is 5.97 Å². The Morgan fingerprint density at radius 2 is 2.31 bits per heavy atom. The van der Waals surface area contributed by atoms with Crippen LogP contribution in [0.5, 0.6) is 0 Å². The smallest absolute Gasteiger partial charge is 0.319 e. The van der Waals surface area contributed by atoms with E-state index in [1.165, 1.54) is 0 Å². The van der Waals surface area contributed by atoms with Crippen LogP contribution in [0, 0.1) is 12.3 Å². The van der Waals surface area contributed by atoms with Gasteiger partial charge in [0.1, 0.15) is 0 Å². The van der Waals surface area contributed by atoms with E-state index in [4.69, 9.17) is 15.9 Å². The lowest BCUT2D eigenvalue weighted by molar-refractivity contribution is -0.142. The number of nitrogens with one attached hydrogen (secondary N) is 1. The third-order valence-corrected chi connectivity index (χ3v) is 1.25. The number of hydrogen-bond acceptors (Lipinski definition) is 4. The molecule has 0 spiro atoms. The number of methoxy groups -OCH3 is 1. The molecule has 0 aromatic heterocycles. The van der Waals surface area contributed by atoms with Crippen LogP contribution in [-0.4, -0.2) is 39.4 Å². The molecule has 0 heterocycles. The highest BCUT2D eigenvalue weighted by Gasteiger charge is 1.99. The van der Waals surface area contributed by atoms with Gasteiger partial charge >= 0.3 is 5.97 Å². The number of carbonyl (C=O) groups excluding carboxylic acids is 1. The maximum Gasteiger partial charge on any atom is 0.319 e. The minimum absolute atomic E-state index is 0.164. The van der Waals surface area contributed by atoms with Crippen LogP contribution in [0.1, 0.15) is 6.42 Å². The van der Waals surface area contributed by atoms with Crippen LogP contribution in [-0.2, 0) is 14.3 Å². The van der Waals surface area contributed by atoms with E-state index in [0.717, 1.165) is 6.42 Å². The SMILES string of the molecule is C#CCNCC(=O)OCCCOC. The van der Waals surface area contributed by atoms with Crippen LogP contribution in [0.3, 0.4) is 0 Å². The van der Waals surface area contributed by atoms with Crippen molar-refractivity contribution < 1.29 is 14.3 Å². The van der Waals surface area contributed by atoms with Gasteiger partial charge in [-0.15, -0.1) is 6.42 Å². The average Bonchev–Trinajstić information content (AvgIpc) is 2.13. The van der Waals surface area contributed by atoms with Crippen LogP contribution < -0.4 is 5.32 Å². The lowest BCUT2D eigenvalue weighted by Gasteiger charge is -2.03. The van der Waals surface area contributed by atoms with Gasteiger partial charge < -0.3 is 9.47 Å². The molecule has 0 bridgehead atoms. The highest BCUT2D eigenvalue weighted by molar-refractivity contribution is 5.71. The van der Waals surface area contributed by atoms with Gasteiger partial charge in [-0.05, 0) is 0 Å². The van der Waals surface area contributed by atoms with E-state index in [-0.39, 0.29) is 12.5 Å². The molecule has 0 saturated carbocycles. The molecule has 4 nitrogen and oxygen atoms in total. The molecule has 0 aliphatic rings. The monoisotopic (exact) mass is 185 g/mol. The molecule has 0 atom stereocenters. The van der Waals surface area contributed by atoms with E-state index in [1.807, 2.05) is 0 Å². The van der Waals surface area contributed by atoms with Gasteiger partial charge in [-0.2, -0.15) is 0 Å². The van der Waals surface area contributed by atoms with Crippen molar-refractivity contribution in [3.63, 3.8) is 0 Å². The number of esters is 1. The summed E-state index contributed by atoms with van der Waals surface area (Å²) >= 11 is 0. The summed E-state index contributed by atoms with van der Waals surface area (Å²) in [5.41, 5.74) is 0. The van der Waals surface area contributed by atoms with Crippen LogP contribution in [0.15, 0.2) is 0 Å². The lowest BCUT2D eigenvalue weighted by atomic mass is 10.5. The van der Waals surface area contributed by atoms with Gasteiger partial charge in [0.05, 0.1) is 19.7 Å². The molecule has 0 radical (unpaired) electrons. The Kier molecular flexibility index (Phi) is 8.31. The van der Waals surface area contributed by atoms with Gasteiger partial charge in [-0.1, -0.05) is 5.92 Å². The summed E-state index contributed by atoms with van der Waals surface area (Å²) in [7, 11) is 1.61. The predicted octanol–water partition coefficient (Wildman–Crippen LogP) is -0.211. The van der Waals surface area contributed by atoms with Crippen molar-refractivity contribution in [1.29, 1.82) is 0 Å². The second-order valence-corrected chi connectivity index (χ2v) is 2.37. The van der Waals surface area contributed by atoms with E-state index in [9.17, 15) is 4.79 Å². The van der Waals surface area contributed by atoms with Gasteiger partial charge in [-0.25, -0.2) is 0 Å². The van der Waals surface area contributed by atoms with Gasteiger partial charge in [0.25, 0.3) is 0 Å². The summed E-state index contributed by atoms with van der Waals surface area (Å²) in [5, 5.41) is 2.73. The van der Waals surface area contributed by atoms with Crippen LogP contribution in [0.4, 0.5) is 0 Å². The van der Waals surface area contributed by atoms with Crippen molar-refractivity contribution in [2.45, 2.75) is 6.42 Å². The number of hydrogen-bond donors (Lipinski definition) is 1. The first kappa shape index (κ1) is 11.9. The van der Waals surface area contributed by atoms with Crippen molar-refractivity contribution in [1.82, 2.24) is 5.32 Å². The second kappa shape index (κ2) is 9.04. The molecular formula is C9H15NO3. The summed E-state index contributed by atoms with van der Waals surface area (Å²) in [6.07, 6.45) is 5.69. The van der Waals surface area contributed by atoms with Crippen molar-refractivity contribution in [3.05, 3.63) is 0 Å². The summed E-state index contributed by atoms with van der Waals surface area (Å²) in [6, 6.07) is 0. The second-order valence-electron chi connectivity index (χ2n) is 2.37. The molecular weight excluding hydrogens is 170 g/mol. The number of rotatable bonds is 7. The maximum absolute atomic E-state index is 10.9. The van der Waals surface area contributed by atoms with Gasteiger partial charge in [0, 0.05) is 20.1 Å². The van der Waals surface area contributed by atoms with Crippen molar-refractivity contribution in [2.75, 3.05) is 33.4 Å². The Balaban J connectivity index is 3.16. The highest BCUT2D eigenvalue weighted by Crippen LogP contribution is 1.83. The van der Waals surface area contributed by atoms with E-state index < -0.39 is 0 Å². The normalized spacial score (nSPS) is 9.23. The molecule has 0 amide bonds. The molecule has 74 valence electrons. The fourth-order valence-electron chi connectivity index (χ4n) is 0.677. The number of terminal acetylenes is 1. The Labute approximate surface area is 78.6 Å². The number of ether oxygens (including phenoxy) is 2. The molecule has 0 fully saturated rings. The van der Waals surface area contributed by atoms with Crippen LogP contribution in [0.25, 0.3) is 0 Å². The summed E-state index contributed by atoms with van der Waals surface area (Å²) < 4.78 is 9.63. The van der Waals surface area contributed by atoms with Gasteiger partial charge in [0.2, 0.25) is 0 Å². The third kappa shape index (κ3) is 8.86. The summed E-state index contributed by atoms with van der Waals surface area (Å²) in [6.45, 7) is 1.54. The molecule has 4 heteroatoms. The standard InChI is InChI=1S/C9H15NO3/c1-3-5-10-8-9(11)13-7-4-6-12-2/h1,10H,4-8H2,2H3. The first-order valence-corrected chi connectivity index (χ1v) is 4.10. The van der Waals surface area contributed by atoms with E-state index >= 15 is 0 Å². The molecule has 0 rings (SSSR count). The molecule has 13 heavy (non-hydrogen) atoms. The Bertz CT molecular complexity index is 174. The van der Waals surface area contributed by atoms with Crippen LogP contribution in [0.2, 0.25) is 0 Å². The largest absolute Gasteiger partial charge is 0.465 e. The van der Waals surface area contributed by atoms with Crippen molar-refractivity contribution in [3.8, 4) is 12.3 Å². The molecule has 0 unspecified atom stereocenters. The molecule has 0 saturated heterocycles. The quantitative estimate of drug-likeness (QED) is 0.339. The first-order chi connectivity index (χ1) is 6.31. The van der Waals surface area contributed by atoms with E-state index in [1.54, 1.807) is 7.11 Å². The molecule has 1 N–H and O–H groups in total. The fraction of sp³-hybridized carbons (Fsp3) is 0.667. The molecule has 0 aromatic carbocycles. The topological polar surface area (TPSA) is 47.6 Å². The zero-order valence-electron chi connectivity index (χ0n) is 7.84. The Morgan fingerprint density at radius 3 is 2.92 bits per heavy atom. The van der Waals surface area contributed by atoms with Crippen molar-refractivity contribution in [2.24, 2.45) is 0 Å². The molecule has 0 aromatic rings. The third-order valence-electron chi connectivity index (χ3n) is 1.25. The zero-order valence-corrected chi connectivity index (χ0v) is 7.84. The van der Waals surface area contributed by atoms with E-state index in [2.05, 4.69) is 11.2 Å². The number of carbonyl (C=O) groups is 1. The lowest BCUT2D eigenvalue weighted by Crippen LogP contribution is -2.25. The maximum atomic E-state index is 10.9. The fourth-order valence-corrected chi connectivity index (χ4v) is 0.677. The predicted molar refractivity (Wildman–Crippen MR) is 49.2 cm³/mol. The van der Waals surface area contributed by atoms with E-state index in [0.29, 0.717) is 19.8 Å². The first-order valence-electron chi connectivity index (χ1n) is 4.10. The van der Waals surface area contributed by atoms with Crippen LogP contribution >= 0.6 is 0 Å². The summed E-state index contributed by atoms with van der Waals surface area (Å²) in [5.74, 6) is 2.07. The average molecular weight is 185 g/mol. The minimum Gasteiger partial charge on any atom is -0.465 e. The Morgan fingerprint density at radius 1 is 1.54 bits per heavy atom. The highest BCUT2D eigenvalue weighted by atomic mass is 16.5. The summed E-state index contributed by atoms with van der Waals surface area (Å²) in [4.78, 5) is 10.9. The molecule has 0 aliphatic carbocycles. The van der Waals surface area contributed by atoms with Gasteiger partial charge in [0.15, 0.2) is 0 Å². The molecule has 0 aliphatic heterocycles. The minimum atomic E-state index is -0.286.